The second-order valence-electron chi connectivity index (χ2n) is 3.18. The Hall–Kier alpha value is -0.510. The maximum absolute atomic E-state index is 6.03. The molecule has 0 amide bonds. The first kappa shape index (κ1) is 9.06. The number of hydrogen-bond acceptors (Lipinski definition) is 3. The third kappa shape index (κ3) is 2.24. The number of ether oxygens (including phenoxy) is 1. The first-order valence-corrected chi connectivity index (χ1v) is 5.27. The highest BCUT2D eigenvalue weighted by molar-refractivity contribution is 8.00. The quantitative estimate of drug-likeness (QED) is 0.735. The number of rotatable bonds is 2. The Morgan fingerprint density at radius 2 is 2.08 bits per heavy atom. The van der Waals surface area contributed by atoms with E-state index in [0.29, 0.717) is 0 Å². The van der Waals surface area contributed by atoms with Gasteiger partial charge in [-0.3, -0.25) is 5.73 Å². The molecule has 1 aromatic carbocycles. The molecular weight excluding hydrogens is 182 g/mol. The molecule has 0 aliphatic carbocycles. The fourth-order valence-corrected chi connectivity index (χ4v) is 2.49. The Morgan fingerprint density at radius 1 is 1.31 bits per heavy atom. The molecular formula is C10H13NOS. The van der Waals surface area contributed by atoms with Crippen molar-refractivity contribution in [1.29, 1.82) is 0 Å². The summed E-state index contributed by atoms with van der Waals surface area (Å²) in [6.45, 7) is 0.788. The second kappa shape index (κ2) is 3.70. The maximum atomic E-state index is 6.03. The summed E-state index contributed by atoms with van der Waals surface area (Å²) in [6.07, 6.45) is 2.00. The predicted molar refractivity (Wildman–Crippen MR) is 54.4 cm³/mol. The van der Waals surface area contributed by atoms with E-state index in [4.69, 9.17) is 10.5 Å². The molecule has 70 valence electrons. The molecule has 2 rings (SSSR count). The number of thioether (sulfide) groups is 1. The van der Waals surface area contributed by atoms with E-state index >= 15 is 0 Å². The average Bonchev–Trinajstić information content (AvgIpc) is 2.54. The summed E-state index contributed by atoms with van der Waals surface area (Å²) in [5, 5.41) is -0.485. The van der Waals surface area contributed by atoms with Gasteiger partial charge in [0.1, 0.15) is 0 Å². The van der Waals surface area contributed by atoms with E-state index in [2.05, 4.69) is 12.1 Å². The molecule has 1 atom stereocenters. The van der Waals surface area contributed by atoms with Crippen LogP contribution in [-0.4, -0.2) is 11.7 Å². The van der Waals surface area contributed by atoms with Crippen molar-refractivity contribution in [3.63, 3.8) is 0 Å². The topological polar surface area (TPSA) is 35.2 Å². The van der Waals surface area contributed by atoms with Crippen LogP contribution < -0.4 is 5.73 Å². The Bertz CT molecular complexity index is 270. The number of hydrogen-bond donors (Lipinski definition) is 1. The molecule has 1 heterocycles. The van der Waals surface area contributed by atoms with Crippen molar-refractivity contribution >= 4 is 11.8 Å². The zero-order valence-electron chi connectivity index (χ0n) is 7.40. The van der Waals surface area contributed by atoms with E-state index in [0.717, 1.165) is 19.4 Å². The van der Waals surface area contributed by atoms with Crippen molar-refractivity contribution in [2.24, 2.45) is 5.73 Å². The van der Waals surface area contributed by atoms with Gasteiger partial charge >= 0.3 is 0 Å². The highest BCUT2D eigenvalue weighted by atomic mass is 32.2. The lowest BCUT2D eigenvalue weighted by atomic mass is 10.3. The van der Waals surface area contributed by atoms with Crippen LogP contribution >= 0.6 is 11.8 Å². The molecule has 1 unspecified atom stereocenters. The standard InChI is InChI=1S/C10H13NOS/c11-10(7-4-8-12-10)13-9-5-2-1-3-6-9/h1-3,5-6H,4,7-8,11H2. The van der Waals surface area contributed by atoms with Gasteiger partial charge in [0.15, 0.2) is 5.06 Å². The largest absolute Gasteiger partial charge is 0.351 e. The molecule has 1 aliphatic heterocycles. The zero-order valence-corrected chi connectivity index (χ0v) is 8.22. The van der Waals surface area contributed by atoms with Gasteiger partial charge in [-0.05, 0) is 18.6 Å². The molecule has 1 aliphatic rings. The van der Waals surface area contributed by atoms with Gasteiger partial charge in [-0.2, -0.15) is 0 Å². The zero-order chi connectivity index (χ0) is 9.15. The van der Waals surface area contributed by atoms with Crippen LogP contribution in [0.3, 0.4) is 0 Å². The van der Waals surface area contributed by atoms with Crippen LogP contribution in [0.4, 0.5) is 0 Å². The molecule has 2 N–H and O–H groups in total. The van der Waals surface area contributed by atoms with Crippen molar-refractivity contribution in [3.8, 4) is 0 Å². The van der Waals surface area contributed by atoms with E-state index in [9.17, 15) is 0 Å². The van der Waals surface area contributed by atoms with E-state index < -0.39 is 5.06 Å². The van der Waals surface area contributed by atoms with E-state index in [-0.39, 0.29) is 0 Å². The first-order chi connectivity index (χ1) is 6.29. The lowest BCUT2D eigenvalue weighted by molar-refractivity contribution is 0.0874. The van der Waals surface area contributed by atoms with E-state index in [1.54, 1.807) is 11.8 Å². The van der Waals surface area contributed by atoms with Crippen LogP contribution in [0, 0.1) is 0 Å². The third-order valence-corrected chi connectivity index (χ3v) is 3.23. The van der Waals surface area contributed by atoms with Crippen LogP contribution in [0.25, 0.3) is 0 Å². The summed E-state index contributed by atoms with van der Waals surface area (Å²) in [5.74, 6) is 0. The van der Waals surface area contributed by atoms with Crippen LogP contribution in [0.15, 0.2) is 35.2 Å². The van der Waals surface area contributed by atoms with Crippen molar-refractivity contribution in [3.05, 3.63) is 30.3 Å². The summed E-state index contributed by atoms with van der Waals surface area (Å²) in [6, 6.07) is 10.1. The molecule has 3 heteroatoms. The van der Waals surface area contributed by atoms with Gasteiger partial charge in [-0.1, -0.05) is 30.0 Å². The molecule has 1 aromatic rings. The Balaban J connectivity index is 2.05. The Labute approximate surface area is 82.5 Å². The molecule has 13 heavy (non-hydrogen) atoms. The van der Waals surface area contributed by atoms with Gasteiger partial charge in [0, 0.05) is 11.3 Å². The molecule has 0 radical (unpaired) electrons. The third-order valence-electron chi connectivity index (χ3n) is 2.05. The highest BCUT2D eigenvalue weighted by Crippen LogP contribution is 2.36. The van der Waals surface area contributed by atoms with E-state index in [1.165, 1.54) is 4.90 Å². The molecule has 0 aromatic heterocycles. The van der Waals surface area contributed by atoms with Crippen LogP contribution in [-0.2, 0) is 4.74 Å². The summed E-state index contributed by atoms with van der Waals surface area (Å²) >= 11 is 1.61. The molecule has 1 fully saturated rings. The van der Waals surface area contributed by atoms with Gasteiger partial charge in [0.2, 0.25) is 0 Å². The lowest BCUT2D eigenvalue weighted by Crippen LogP contribution is -2.34. The van der Waals surface area contributed by atoms with Crippen LogP contribution in [0.1, 0.15) is 12.8 Å². The Kier molecular flexibility index (Phi) is 2.58. The molecule has 1 saturated heterocycles. The fraction of sp³-hybridized carbons (Fsp3) is 0.400. The van der Waals surface area contributed by atoms with Gasteiger partial charge in [0.25, 0.3) is 0 Å². The molecule has 0 bridgehead atoms. The van der Waals surface area contributed by atoms with Crippen molar-refractivity contribution in [1.82, 2.24) is 0 Å². The van der Waals surface area contributed by atoms with Gasteiger partial charge < -0.3 is 4.74 Å². The highest BCUT2D eigenvalue weighted by Gasteiger charge is 2.31. The Morgan fingerprint density at radius 3 is 2.69 bits per heavy atom. The van der Waals surface area contributed by atoms with Crippen molar-refractivity contribution in [2.75, 3.05) is 6.61 Å². The van der Waals surface area contributed by atoms with Crippen molar-refractivity contribution < 1.29 is 4.74 Å². The SMILES string of the molecule is NC1(Sc2ccccc2)CCCO1. The average molecular weight is 195 g/mol. The van der Waals surface area contributed by atoms with Gasteiger partial charge in [-0.25, -0.2) is 0 Å². The first-order valence-electron chi connectivity index (χ1n) is 4.45. The minimum absolute atomic E-state index is 0.485. The summed E-state index contributed by atoms with van der Waals surface area (Å²) in [5.41, 5.74) is 6.03. The van der Waals surface area contributed by atoms with E-state index in [1.807, 2.05) is 18.2 Å². The van der Waals surface area contributed by atoms with Crippen LogP contribution in [0.2, 0.25) is 0 Å². The normalized spacial score (nSPS) is 27.8. The van der Waals surface area contributed by atoms with Crippen LogP contribution in [0.5, 0.6) is 0 Å². The van der Waals surface area contributed by atoms with Crippen molar-refractivity contribution in [2.45, 2.75) is 22.8 Å². The predicted octanol–water partition coefficient (Wildman–Crippen LogP) is 2.20. The minimum atomic E-state index is -0.485. The smallest absolute Gasteiger partial charge is 0.169 e. The van der Waals surface area contributed by atoms with Gasteiger partial charge in [0.05, 0.1) is 6.61 Å². The summed E-state index contributed by atoms with van der Waals surface area (Å²) in [4.78, 5) is 1.17. The molecule has 0 saturated carbocycles. The molecule has 2 nitrogen and oxygen atoms in total. The lowest BCUT2D eigenvalue weighted by Gasteiger charge is -2.21. The maximum Gasteiger partial charge on any atom is 0.169 e. The number of benzene rings is 1. The molecule has 0 spiro atoms. The summed E-state index contributed by atoms with van der Waals surface area (Å²) in [7, 11) is 0. The van der Waals surface area contributed by atoms with Gasteiger partial charge in [-0.15, -0.1) is 0 Å². The number of nitrogens with two attached hydrogens (primary N) is 1. The fourth-order valence-electron chi connectivity index (χ4n) is 1.40. The summed E-state index contributed by atoms with van der Waals surface area (Å²) < 4.78 is 5.49. The second-order valence-corrected chi connectivity index (χ2v) is 4.55. The minimum Gasteiger partial charge on any atom is -0.351 e. The monoisotopic (exact) mass is 195 g/mol.